The van der Waals surface area contributed by atoms with Gasteiger partial charge in [-0.2, -0.15) is 9.57 Å². The first-order chi connectivity index (χ1) is 14.0. The Morgan fingerprint density at radius 2 is 1.76 bits per heavy atom. The highest BCUT2D eigenvalue weighted by atomic mass is 35.5. The lowest BCUT2D eigenvalue weighted by Gasteiger charge is -2.34. The Hall–Kier alpha value is -2.50. The lowest BCUT2D eigenvalue weighted by Crippen LogP contribution is -2.48. The minimum atomic E-state index is -3.56. The number of nitrogens with zero attached hydrogens (tertiary/aromatic N) is 4. The van der Waals surface area contributed by atoms with Crippen LogP contribution in [0, 0.1) is 11.3 Å². The van der Waals surface area contributed by atoms with E-state index in [1.165, 1.54) is 28.6 Å². The van der Waals surface area contributed by atoms with Crippen molar-refractivity contribution in [3.63, 3.8) is 0 Å². The van der Waals surface area contributed by atoms with Crippen LogP contribution in [0.4, 0.5) is 0 Å². The maximum absolute atomic E-state index is 12.9. The van der Waals surface area contributed by atoms with E-state index in [9.17, 15) is 8.42 Å². The van der Waals surface area contributed by atoms with E-state index in [2.05, 4.69) is 9.88 Å². The number of benzene rings is 2. The number of piperazine rings is 1. The average molecular weight is 427 g/mol. The van der Waals surface area contributed by atoms with Gasteiger partial charge in [-0.3, -0.25) is 9.88 Å². The molecule has 0 N–H and O–H groups in total. The summed E-state index contributed by atoms with van der Waals surface area (Å²) in [6.45, 7) is 2.79. The van der Waals surface area contributed by atoms with Gasteiger partial charge in [0.25, 0.3) is 0 Å². The molecule has 0 aliphatic carbocycles. The third kappa shape index (κ3) is 3.98. The minimum absolute atomic E-state index is 0.220. The molecule has 0 spiro atoms. The van der Waals surface area contributed by atoms with Gasteiger partial charge in [0, 0.05) is 49.3 Å². The van der Waals surface area contributed by atoms with E-state index in [0.717, 1.165) is 16.5 Å². The molecule has 1 aliphatic heterocycles. The molecular weight excluding hydrogens is 408 g/mol. The van der Waals surface area contributed by atoms with Gasteiger partial charge in [0.05, 0.1) is 22.0 Å². The van der Waals surface area contributed by atoms with Crippen LogP contribution >= 0.6 is 11.6 Å². The molecule has 2 heterocycles. The highest BCUT2D eigenvalue weighted by Gasteiger charge is 2.28. The molecule has 1 aromatic heterocycles. The third-order valence-electron chi connectivity index (χ3n) is 5.15. The Bertz CT molecular complexity index is 1180. The zero-order valence-corrected chi connectivity index (χ0v) is 17.2. The van der Waals surface area contributed by atoms with Crippen LogP contribution in [-0.2, 0) is 16.6 Å². The van der Waals surface area contributed by atoms with Crippen molar-refractivity contribution in [1.29, 1.82) is 5.26 Å². The van der Waals surface area contributed by atoms with Gasteiger partial charge in [-0.05, 0) is 48.0 Å². The molecule has 3 aromatic rings. The minimum Gasteiger partial charge on any atom is -0.296 e. The molecule has 1 aliphatic rings. The molecule has 0 saturated carbocycles. The van der Waals surface area contributed by atoms with Crippen molar-refractivity contribution in [2.75, 3.05) is 26.2 Å². The maximum Gasteiger partial charge on any atom is 0.243 e. The van der Waals surface area contributed by atoms with Gasteiger partial charge >= 0.3 is 0 Å². The first kappa shape index (κ1) is 19.8. The number of halogens is 1. The number of hydrogen-bond acceptors (Lipinski definition) is 5. The number of fused-ring (bicyclic) bond motifs is 1. The van der Waals surface area contributed by atoms with Crippen molar-refractivity contribution >= 4 is 32.5 Å². The lowest BCUT2D eigenvalue weighted by molar-refractivity contribution is 0.182. The van der Waals surface area contributed by atoms with Crippen LogP contribution in [0.15, 0.2) is 59.6 Å². The summed E-state index contributed by atoms with van der Waals surface area (Å²) < 4.78 is 27.2. The van der Waals surface area contributed by atoms with Crippen molar-refractivity contribution in [2.45, 2.75) is 11.4 Å². The molecule has 29 heavy (non-hydrogen) atoms. The molecule has 0 amide bonds. The lowest BCUT2D eigenvalue weighted by atomic mass is 10.1. The highest BCUT2D eigenvalue weighted by Crippen LogP contribution is 2.26. The predicted octanol–water partition coefficient (Wildman–Crippen LogP) is 3.27. The molecule has 148 valence electrons. The van der Waals surface area contributed by atoms with E-state index in [-0.39, 0.29) is 4.90 Å². The molecule has 6 nitrogen and oxygen atoms in total. The molecule has 0 radical (unpaired) electrons. The van der Waals surface area contributed by atoms with Gasteiger partial charge in [-0.1, -0.05) is 17.7 Å². The largest absolute Gasteiger partial charge is 0.296 e. The van der Waals surface area contributed by atoms with Crippen LogP contribution in [0.3, 0.4) is 0 Å². The van der Waals surface area contributed by atoms with Gasteiger partial charge in [-0.25, -0.2) is 8.42 Å². The Balaban J connectivity index is 1.46. The van der Waals surface area contributed by atoms with Gasteiger partial charge in [0.2, 0.25) is 10.0 Å². The molecule has 4 rings (SSSR count). The van der Waals surface area contributed by atoms with Gasteiger partial charge < -0.3 is 0 Å². The van der Waals surface area contributed by atoms with Crippen molar-refractivity contribution in [3.05, 3.63) is 70.9 Å². The Kier molecular flexibility index (Phi) is 5.52. The summed E-state index contributed by atoms with van der Waals surface area (Å²) in [4.78, 5) is 6.92. The Labute approximate surface area is 175 Å². The van der Waals surface area contributed by atoms with Crippen LogP contribution in [-0.4, -0.2) is 48.8 Å². The zero-order chi connectivity index (χ0) is 20.4. The summed E-state index contributed by atoms with van der Waals surface area (Å²) in [6.07, 6.45) is 1.75. The van der Waals surface area contributed by atoms with Gasteiger partial charge in [0.1, 0.15) is 0 Å². The number of sulfonamides is 1. The molecule has 1 saturated heterocycles. The smallest absolute Gasteiger partial charge is 0.243 e. The monoisotopic (exact) mass is 426 g/mol. The van der Waals surface area contributed by atoms with Crippen LogP contribution in [0.25, 0.3) is 10.9 Å². The molecule has 0 bridgehead atoms. The summed E-state index contributed by atoms with van der Waals surface area (Å²) in [7, 11) is -3.56. The van der Waals surface area contributed by atoms with Crippen molar-refractivity contribution in [1.82, 2.24) is 14.2 Å². The molecule has 1 fully saturated rings. The van der Waals surface area contributed by atoms with E-state index in [4.69, 9.17) is 16.9 Å². The van der Waals surface area contributed by atoms with Crippen LogP contribution < -0.4 is 0 Å². The maximum atomic E-state index is 12.9. The standard InChI is InChI=1S/C21H19ClN4O2S/c22-20-8-5-17(21-19(20)2-1-9-24-21)15-25-10-12-26(13-11-25)29(27,28)18-6-3-16(14-23)4-7-18/h1-9H,10-13,15H2. The third-order valence-corrected chi connectivity index (χ3v) is 7.39. The first-order valence-corrected chi connectivity index (χ1v) is 11.1. The average Bonchev–Trinajstić information content (AvgIpc) is 2.76. The van der Waals surface area contributed by atoms with Crippen molar-refractivity contribution < 1.29 is 8.42 Å². The molecule has 8 heteroatoms. The number of pyridine rings is 1. The van der Waals surface area contributed by atoms with E-state index in [1.54, 1.807) is 6.20 Å². The Morgan fingerprint density at radius 3 is 2.45 bits per heavy atom. The van der Waals surface area contributed by atoms with Crippen LogP contribution in [0.2, 0.25) is 5.02 Å². The number of aromatic nitrogens is 1. The fourth-order valence-electron chi connectivity index (χ4n) is 3.54. The van der Waals surface area contributed by atoms with Crippen molar-refractivity contribution in [2.24, 2.45) is 0 Å². The van der Waals surface area contributed by atoms with Crippen LogP contribution in [0.5, 0.6) is 0 Å². The molecule has 2 aromatic carbocycles. The molecule has 0 atom stereocenters. The summed E-state index contributed by atoms with van der Waals surface area (Å²) in [5, 5.41) is 10.5. The van der Waals surface area contributed by atoms with E-state index in [0.29, 0.717) is 43.3 Å². The van der Waals surface area contributed by atoms with E-state index in [1.807, 2.05) is 30.3 Å². The summed E-state index contributed by atoms with van der Waals surface area (Å²) in [5.41, 5.74) is 2.40. The van der Waals surface area contributed by atoms with Gasteiger partial charge in [0.15, 0.2) is 0 Å². The molecular formula is C21H19ClN4O2S. The van der Waals surface area contributed by atoms with E-state index >= 15 is 0 Å². The summed E-state index contributed by atoms with van der Waals surface area (Å²) >= 11 is 6.27. The SMILES string of the molecule is N#Cc1ccc(S(=O)(=O)N2CCN(Cc3ccc(Cl)c4cccnc34)CC2)cc1. The second-order valence-electron chi connectivity index (χ2n) is 6.92. The van der Waals surface area contributed by atoms with E-state index < -0.39 is 10.0 Å². The normalized spacial score (nSPS) is 16.0. The highest BCUT2D eigenvalue weighted by molar-refractivity contribution is 7.89. The fraction of sp³-hybridized carbons (Fsp3) is 0.238. The first-order valence-electron chi connectivity index (χ1n) is 9.24. The van der Waals surface area contributed by atoms with Crippen LogP contribution in [0.1, 0.15) is 11.1 Å². The summed E-state index contributed by atoms with van der Waals surface area (Å²) in [5.74, 6) is 0. The topological polar surface area (TPSA) is 77.3 Å². The number of hydrogen-bond donors (Lipinski definition) is 0. The van der Waals surface area contributed by atoms with Crippen molar-refractivity contribution in [3.8, 4) is 6.07 Å². The summed E-state index contributed by atoms with van der Waals surface area (Å²) in [6, 6.07) is 15.7. The zero-order valence-electron chi connectivity index (χ0n) is 15.6. The quantitative estimate of drug-likeness (QED) is 0.639. The number of rotatable bonds is 4. The Morgan fingerprint density at radius 1 is 1.03 bits per heavy atom. The predicted molar refractivity (Wildman–Crippen MR) is 112 cm³/mol. The molecule has 0 unspecified atom stereocenters. The van der Waals surface area contributed by atoms with Gasteiger partial charge in [-0.15, -0.1) is 0 Å². The second kappa shape index (κ2) is 8.09. The second-order valence-corrected chi connectivity index (χ2v) is 9.27. The fourth-order valence-corrected chi connectivity index (χ4v) is 5.18. The number of nitriles is 1.